The van der Waals surface area contributed by atoms with Crippen molar-refractivity contribution < 1.29 is 9.59 Å². The number of nitrogen functional groups attached to an aromatic ring is 1. The summed E-state index contributed by atoms with van der Waals surface area (Å²) in [5.74, 6) is -0.0759. The van der Waals surface area contributed by atoms with Crippen molar-refractivity contribution in [1.29, 1.82) is 0 Å². The normalized spacial score (nSPS) is 16.5. The molecule has 1 aromatic rings. The molecule has 114 valence electrons. The van der Waals surface area contributed by atoms with Gasteiger partial charge in [-0.2, -0.15) is 0 Å². The molecule has 0 heterocycles. The SMILES string of the molecule is CN(C)C(=O)C1(CNC(=O)c2cccc(N)c2)CCCC1. The lowest BCUT2D eigenvalue weighted by Crippen LogP contribution is -2.46. The molecule has 0 unspecified atom stereocenters. The topological polar surface area (TPSA) is 75.4 Å². The van der Waals surface area contributed by atoms with Gasteiger partial charge >= 0.3 is 0 Å². The number of nitrogens with two attached hydrogens (primary N) is 1. The molecule has 0 saturated heterocycles. The third-order valence-corrected chi connectivity index (χ3v) is 4.16. The van der Waals surface area contributed by atoms with E-state index in [0.717, 1.165) is 25.7 Å². The van der Waals surface area contributed by atoms with Crippen LogP contribution in [-0.4, -0.2) is 37.4 Å². The van der Waals surface area contributed by atoms with E-state index in [1.54, 1.807) is 43.3 Å². The second kappa shape index (κ2) is 6.16. The summed E-state index contributed by atoms with van der Waals surface area (Å²) in [7, 11) is 3.53. The first-order valence-corrected chi connectivity index (χ1v) is 7.30. The van der Waals surface area contributed by atoms with Crippen LogP contribution in [0.2, 0.25) is 0 Å². The number of rotatable bonds is 4. The Kier molecular flexibility index (Phi) is 4.50. The molecule has 0 spiro atoms. The van der Waals surface area contributed by atoms with Crippen molar-refractivity contribution in [2.75, 3.05) is 26.4 Å². The highest BCUT2D eigenvalue weighted by Gasteiger charge is 2.42. The molecule has 1 aliphatic rings. The highest BCUT2D eigenvalue weighted by molar-refractivity contribution is 5.95. The minimum Gasteiger partial charge on any atom is -0.399 e. The fraction of sp³-hybridized carbons (Fsp3) is 0.500. The largest absolute Gasteiger partial charge is 0.399 e. The van der Waals surface area contributed by atoms with Gasteiger partial charge in [0.25, 0.3) is 5.91 Å². The molecule has 1 aromatic carbocycles. The molecule has 0 aliphatic heterocycles. The highest BCUT2D eigenvalue weighted by Crippen LogP contribution is 2.38. The predicted octanol–water partition coefficient (Wildman–Crippen LogP) is 1.65. The Bertz CT molecular complexity index is 534. The molecule has 0 bridgehead atoms. The van der Waals surface area contributed by atoms with Crippen molar-refractivity contribution in [2.45, 2.75) is 25.7 Å². The molecule has 1 aliphatic carbocycles. The first-order chi connectivity index (χ1) is 9.94. The summed E-state index contributed by atoms with van der Waals surface area (Å²) in [6.07, 6.45) is 3.74. The van der Waals surface area contributed by atoms with Gasteiger partial charge in [0.15, 0.2) is 0 Å². The van der Waals surface area contributed by atoms with E-state index in [0.29, 0.717) is 17.8 Å². The Morgan fingerprint density at radius 1 is 1.29 bits per heavy atom. The minimum absolute atomic E-state index is 0.105. The Balaban J connectivity index is 2.06. The molecule has 2 rings (SSSR count). The fourth-order valence-corrected chi connectivity index (χ4v) is 3.02. The first kappa shape index (κ1) is 15.4. The van der Waals surface area contributed by atoms with Gasteiger partial charge in [-0.15, -0.1) is 0 Å². The Morgan fingerprint density at radius 3 is 2.52 bits per heavy atom. The number of nitrogens with zero attached hydrogens (tertiary/aromatic N) is 1. The van der Waals surface area contributed by atoms with Gasteiger partial charge in [0.2, 0.25) is 5.91 Å². The molecule has 1 fully saturated rings. The van der Waals surface area contributed by atoms with Crippen LogP contribution in [0.4, 0.5) is 5.69 Å². The number of nitrogens with one attached hydrogen (secondary N) is 1. The summed E-state index contributed by atoms with van der Waals surface area (Å²) in [5, 5.41) is 2.90. The van der Waals surface area contributed by atoms with Gasteiger partial charge in [0.1, 0.15) is 0 Å². The van der Waals surface area contributed by atoms with E-state index in [1.807, 2.05) is 0 Å². The molecular formula is C16H23N3O2. The standard InChI is InChI=1S/C16H23N3O2/c1-19(2)15(21)16(8-3-4-9-16)11-18-14(20)12-6-5-7-13(17)10-12/h5-7,10H,3-4,8-9,11,17H2,1-2H3,(H,18,20). The van der Waals surface area contributed by atoms with Crippen molar-refractivity contribution in [3.8, 4) is 0 Å². The number of carbonyl (C=O) groups excluding carboxylic acids is 2. The zero-order valence-corrected chi connectivity index (χ0v) is 12.7. The third kappa shape index (κ3) is 3.35. The van der Waals surface area contributed by atoms with Gasteiger partial charge in [0, 0.05) is 31.9 Å². The number of benzene rings is 1. The first-order valence-electron chi connectivity index (χ1n) is 7.30. The van der Waals surface area contributed by atoms with Gasteiger partial charge in [0.05, 0.1) is 5.41 Å². The van der Waals surface area contributed by atoms with Gasteiger partial charge in [-0.05, 0) is 31.0 Å². The second-order valence-electron chi connectivity index (χ2n) is 6.00. The third-order valence-electron chi connectivity index (χ3n) is 4.16. The van der Waals surface area contributed by atoms with Gasteiger partial charge in [-0.1, -0.05) is 18.9 Å². The quantitative estimate of drug-likeness (QED) is 0.828. The van der Waals surface area contributed by atoms with Crippen LogP contribution in [0.3, 0.4) is 0 Å². The lowest BCUT2D eigenvalue weighted by Gasteiger charge is -2.30. The van der Waals surface area contributed by atoms with Crippen molar-refractivity contribution in [3.63, 3.8) is 0 Å². The summed E-state index contributed by atoms with van der Waals surface area (Å²) in [6.45, 7) is 0.387. The lowest BCUT2D eigenvalue weighted by atomic mass is 9.84. The second-order valence-corrected chi connectivity index (χ2v) is 6.00. The average molecular weight is 289 g/mol. The summed E-state index contributed by atoms with van der Waals surface area (Å²) >= 11 is 0. The number of anilines is 1. The van der Waals surface area contributed by atoms with E-state index < -0.39 is 5.41 Å². The summed E-state index contributed by atoms with van der Waals surface area (Å²) in [5.41, 5.74) is 6.33. The average Bonchev–Trinajstić information content (AvgIpc) is 2.94. The van der Waals surface area contributed by atoms with Crippen LogP contribution in [-0.2, 0) is 4.79 Å². The van der Waals surface area contributed by atoms with Crippen molar-refractivity contribution in [3.05, 3.63) is 29.8 Å². The molecule has 0 radical (unpaired) electrons. The van der Waals surface area contributed by atoms with Crippen LogP contribution in [0.5, 0.6) is 0 Å². The van der Waals surface area contributed by atoms with E-state index in [2.05, 4.69) is 5.32 Å². The molecule has 0 atom stereocenters. The van der Waals surface area contributed by atoms with Gasteiger partial charge in [-0.3, -0.25) is 9.59 Å². The smallest absolute Gasteiger partial charge is 0.251 e. The maximum atomic E-state index is 12.4. The highest BCUT2D eigenvalue weighted by atomic mass is 16.2. The maximum absolute atomic E-state index is 12.4. The van der Waals surface area contributed by atoms with E-state index in [-0.39, 0.29) is 11.8 Å². The van der Waals surface area contributed by atoms with Crippen LogP contribution < -0.4 is 11.1 Å². The molecule has 1 saturated carbocycles. The molecular weight excluding hydrogens is 266 g/mol. The summed E-state index contributed by atoms with van der Waals surface area (Å²) in [4.78, 5) is 26.2. The van der Waals surface area contributed by atoms with Crippen LogP contribution in [0.25, 0.3) is 0 Å². The van der Waals surface area contributed by atoms with E-state index in [9.17, 15) is 9.59 Å². The van der Waals surface area contributed by atoms with Crippen LogP contribution in [0.15, 0.2) is 24.3 Å². The Morgan fingerprint density at radius 2 is 1.95 bits per heavy atom. The Hall–Kier alpha value is -2.04. The zero-order chi connectivity index (χ0) is 15.5. The van der Waals surface area contributed by atoms with Crippen molar-refractivity contribution >= 4 is 17.5 Å². The van der Waals surface area contributed by atoms with Crippen molar-refractivity contribution in [2.24, 2.45) is 5.41 Å². The monoisotopic (exact) mass is 289 g/mol. The summed E-state index contributed by atoms with van der Waals surface area (Å²) in [6, 6.07) is 6.86. The summed E-state index contributed by atoms with van der Waals surface area (Å²) < 4.78 is 0. The minimum atomic E-state index is -0.445. The van der Waals surface area contributed by atoms with Gasteiger partial charge in [-0.25, -0.2) is 0 Å². The molecule has 5 nitrogen and oxygen atoms in total. The number of hydrogen-bond donors (Lipinski definition) is 2. The molecule has 5 heteroatoms. The fourth-order valence-electron chi connectivity index (χ4n) is 3.02. The van der Waals surface area contributed by atoms with E-state index in [4.69, 9.17) is 5.73 Å². The molecule has 21 heavy (non-hydrogen) atoms. The van der Waals surface area contributed by atoms with E-state index in [1.165, 1.54) is 0 Å². The number of carbonyl (C=O) groups is 2. The maximum Gasteiger partial charge on any atom is 0.251 e. The predicted molar refractivity (Wildman–Crippen MR) is 82.8 cm³/mol. The van der Waals surface area contributed by atoms with Crippen LogP contribution >= 0.6 is 0 Å². The molecule has 2 amide bonds. The van der Waals surface area contributed by atoms with Crippen LogP contribution in [0, 0.1) is 5.41 Å². The molecule has 0 aromatic heterocycles. The number of amides is 2. The van der Waals surface area contributed by atoms with Crippen molar-refractivity contribution in [1.82, 2.24) is 10.2 Å². The number of hydrogen-bond acceptors (Lipinski definition) is 3. The van der Waals surface area contributed by atoms with Crippen LogP contribution in [0.1, 0.15) is 36.0 Å². The molecule has 3 N–H and O–H groups in total. The lowest BCUT2D eigenvalue weighted by molar-refractivity contribution is -0.138. The Labute approximate surface area is 125 Å². The van der Waals surface area contributed by atoms with Gasteiger partial charge < -0.3 is 16.0 Å². The zero-order valence-electron chi connectivity index (χ0n) is 12.7. The van der Waals surface area contributed by atoms with E-state index >= 15 is 0 Å².